The summed E-state index contributed by atoms with van der Waals surface area (Å²) >= 11 is 0. The van der Waals surface area contributed by atoms with Crippen LogP contribution in [0.1, 0.15) is 19.8 Å². The average molecular weight is 214 g/mol. The number of ether oxygens (including phenoxy) is 1. The third kappa shape index (κ3) is 3.18. The summed E-state index contributed by atoms with van der Waals surface area (Å²) in [5.74, 6) is 0.127. The van der Waals surface area contributed by atoms with Crippen LogP contribution in [-0.2, 0) is 9.53 Å². The lowest BCUT2D eigenvalue weighted by molar-refractivity contribution is -0.142. The molecule has 1 heterocycles. The van der Waals surface area contributed by atoms with Crippen molar-refractivity contribution in [2.24, 2.45) is 0 Å². The van der Waals surface area contributed by atoms with Gasteiger partial charge in [-0.05, 0) is 33.9 Å². The van der Waals surface area contributed by atoms with Crippen LogP contribution in [-0.4, -0.2) is 62.1 Å². The van der Waals surface area contributed by atoms with E-state index in [-0.39, 0.29) is 12.0 Å². The van der Waals surface area contributed by atoms with Gasteiger partial charge in [0.1, 0.15) is 6.10 Å². The van der Waals surface area contributed by atoms with Crippen LogP contribution in [0.25, 0.3) is 0 Å². The second-order valence-corrected chi connectivity index (χ2v) is 4.47. The Morgan fingerprint density at radius 1 is 1.60 bits per heavy atom. The molecule has 2 atom stereocenters. The van der Waals surface area contributed by atoms with E-state index < -0.39 is 0 Å². The van der Waals surface area contributed by atoms with Crippen molar-refractivity contribution < 1.29 is 9.53 Å². The molecule has 1 saturated heterocycles. The van der Waals surface area contributed by atoms with Crippen LogP contribution in [0, 0.1) is 0 Å². The van der Waals surface area contributed by atoms with Crippen LogP contribution in [0.3, 0.4) is 0 Å². The fourth-order valence-corrected chi connectivity index (χ4v) is 2.07. The van der Waals surface area contributed by atoms with E-state index in [4.69, 9.17) is 4.74 Å². The maximum absolute atomic E-state index is 12.0. The molecule has 0 aliphatic carbocycles. The van der Waals surface area contributed by atoms with Crippen molar-refractivity contribution >= 4 is 5.91 Å². The van der Waals surface area contributed by atoms with Crippen molar-refractivity contribution in [2.45, 2.75) is 31.9 Å². The van der Waals surface area contributed by atoms with E-state index in [0.717, 1.165) is 25.9 Å². The van der Waals surface area contributed by atoms with Crippen LogP contribution in [0.15, 0.2) is 0 Å². The van der Waals surface area contributed by atoms with E-state index in [9.17, 15) is 4.79 Å². The molecule has 1 amide bonds. The summed E-state index contributed by atoms with van der Waals surface area (Å²) in [6, 6.07) is 0.366. The van der Waals surface area contributed by atoms with E-state index in [1.807, 2.05) is 25.9 Å². The molecule has 0 saturated carbocycles. The van der Waals surface area contributed by atoms with Gasteiger partial charge in [0, 0.05) is 26.2 Å². The van der Waals surface area contributed by atoms with Gasteiger partial charge in [-0.2, -0.15) is 0 Å². The van der Waals surface area contributed by atoms with Gasteiger partial charge in [0.2, 0.25) is 0 Å². The van der Waals surface area contributed by atoms with E-state index in [0.29, 0.717) is 6.04 Å². The number of nitrogens with zero attached hydrogens (tertiary/aromatic N) is 2. The summed E-state index contributed by atoms with van der Waals surface area (Å²) in [7, 11) is 5.67. The number of rotatable bonds is 4. The molecule has 0 aromatic heterocycles. The Balaban J connectivity index is 2.55. The predicted octanol–water partition coefficient (Wildman–Crippen LogP) is 0.574. The van der Waals surface area contributed by atoms with Gasteiger partial charge in [-0.25, -0.2) is 0 Å². The highest BCUT2D eigenvalue weighted by atomic mass is 16.5. The average Bonchev–Trinajstić information content (AvgIpc) is 2.62. The number of likely N-dealkylation sites (tertiary alicyclic amines) is 1. The lowest BCUT2D eigenvalue weighted by Gasteiger charge is -2.28. The Labute approximate surface area is 92.2 Å². The van der Waals surface area contributed by atoms with Crippen molar-refractivity contribution in [3.8, 4) is 0 Å². The Kier molecular flexibility index (Phi) is 4.54. The molecule has 0 bridgehead atoms. The third-order valence-electron chi connectivity index (χ3n) is 2.94. The molecule has 1 aliphatic rings. The molecule has 1 rings (SSSR count). The van der Waals surface area contributed by atoms with Gasteiger partial charge in [0.05, 0.1) is 0 Å². The summed E-state index contributed by atoms with van der Waals surface area (Å²) in [4.78, 5) is 16.0. The monoisotopic (exact) mass is 214 g/mol. The molecule has 0 radical (unpaired) electrons. The number of hydrogen-bond donors (Lipinski definition) is 0. The van der Waals surface area contributed by atoms with Crippen LogP contribution in [0.2, 0.25) is 0 Å². The third-order valence-corrected chi connectivity index (χ3v) is 2.94. The Bertz CT molecular complexity index is 219. The van der Waals surface area contributed by atoms with Gasteiger partial charge in [0.25, 0.3) is 5.91 Å². The standard InChI is InChI=1S/C11H22N2O2/c1-9(15-4)11(14)13-7-5-6-10(13)8-12(2)3/h9-10H,5-8H2,1-4H3. The highest BCUT2D eigenvalue weighted by Gasteiger charge is 2.31. The lowest BCUT2D eigenvalue weighted by Crippen LogP contribution is -2.45. The number of likely N-dealkylation sites (N-methyl/N-ethyl adjacent to an activating group) is 1. The normalized spacial score (nSPS) is 23.5. The summed E-state index contributed by atoms with van der Waals surface area (Å²) in [6.45, 7) is 3.64. The second kappa shape index (κ2) is 5.47. The Morgan fingerprint density at radius 3 is 2.80 bits per heavy atom. The highest BCUT2D eigenvalue weighted by Crippen LogP contribution is 2.19. The van der Waals surface area contributed by atoms with Crippen LogP contribution < -0.4 is 0 Å². The Hall–Kier alpha value is -0.610. The smallest absolute Gasteiger partial charge is 0.251 e. The van der Waals surface area contributed by atoms with E-state index >= 15 is 0 Å². The predicted molar refractivity (Wildman–Crippen MR) is 59.8 cm³/mol. The van der Waals surface area contributed by atoms with E-state index in [2.05, 4.69) is 4.90 Å². The van der Waals surface area contributed by atoms with Crippen molar-refractivity contribution in [3.63, 3.8) is 0 Å². The largest absolute Gasteiger partial charge is 0.372 e. The molecule has 88 valence electrons. The first-order valence-corrected chi connectivity index (χ1v) is 5.54. The van der Waals surface area contributed by atoms with Gasteiger partial charge in [-0.3, -0.25) is 4.79 Å². The molecule has 4 heteroatoms. The summed E-state index contributed by atoms with van der Waals surface area (Å²) in [5, 5.41) is 0. The zero-order chi connectivity index (χ0) is 11.4. The number of hydrogen-bond acceptors (Lipinski definition) is 3. The van der Waals surface area contributed by atoms with Gasteiger partial charge in [0.15, 0.2) is 0 Å². The molecule has 2 unspecified atom stereocenters. The van der Waals surface area contributed by atoms with Crippen molar-refractivity contribution in [1.29, 1.82) is 0 Å². The number of carbonyl (C=O) groups is 1. The van der Waals surface area contributed by atoms with Gasteiger partial charge < -0.3 is 14.5 Å². The first-order valence-electron chi connectivity index (χ1n) is 5.54. The zero-order valence-electron chi connectivity index (χ0n) is 10.2. The minimum absolute atomic E-state index is 0.127. The van der Waals surface area contributed by atoms with Gasteiger partial charge >= 0.3 is 0 Å². The van der Waals surface area contributed by atoms with E-state index in [1.165, 1.54) is 0 Å². The van der Waals surface area contributed by atoms with Gasteiger partial charge in [-0.15, -0.1) is 0 Å². The fourth-order valence-electron chi connectivity index (χ4n) is 2.07. The molecular formula is C11H22N2O2. The van der Waals surface area contributed by atoms with Crippen LogP contribution in [0.5, 0.6) is 0 Å². The number of methoxy groups -OCH3 is 1. The number of carbonyl (C=O) groups excluding carboxylic acids is 1. The fraction of sp³-hybridized carbons (Fsp3) is 0.909. The summed E-state index contributed by atoms with van der Waals surface area (Å²) in [5.41, 5.74) is 0. The SMILES string of the molecule is COC(C)C(=O)N1CCCC1CN(C)C. The zero-order valence-corrected chi connectivity index (χ0v) is 10.2. The highest BCUT2D eigenvalue weighted by molar-refractivity contribution is 5.81. The molecule has 0 aromatic rings. The van der Waals surface area contributed by atoms with Crippen molar-refractivity contribution in [1.82, 2.24) is 9.80 Å². The molecule has 0 N–H and O–H groups in total. The number of amides is 1. The second-order valence-electron chi connectivity index (χ2n) is 4.47. The van der Waals surface area contributed by atoms with Gasteiger partial charge in [-0.1, -0.05) is 0 Å². The molecule has 1 aliphatic heterocycles. The lowest BCUT2D eigenvalue weighted by atomic mass is 10.2. The van der Waals surface area contributed by atoms with Crippen LogP contribution in [0.4, 0.5) is 0 Å². The first-order chi connectivity index (χ1) is 7.06. The minimum Gasteiger partial charge on any atom is -0.372 e. The molecule has 4 nitrogen and oxygen atoms in total. The van der Waals surface area contributed by atoms with Crippen LogP contribution >= 0.6 is 0 Å². The Morgan fingerprint density at radius 2 is 2.27 bits per heavy atom. The minimum atomic E-state index is -0.312. The quantitative estimate of drug-likeness (QED) is 0.686. The van der Waals surface area contributed by atoms with Crippen molar-refractivity contribution in [3.05, 3.63) is 0 Å². The summed E-state index contributed by atoms with van der Waals surface area (Å²) < 4.78 is 5.07. The molecule has 0 spiro atoms. The maximum Gasteiger partial charge on any atom is 0.251 e. The topological polar surface area (TPSA) is 32.8 Å². The molecule has 0 aromatic carbocycles. The van der Waals surface area contributed by atoms with Crippen molar-refractivity contribution in [2.75, 3.05) is 34.3 Å². The maximum atomic E-state index is 12.0. The molecular weight excluding hydrogens is 192 g/mol. The molecule has 1 fully saturated rings. The van der Waals surface area contributed by atoms with E-state index in [1.54, 1.807) is 7.11 Å². The summed E-state index contributed by atoms with van der Waals surface area (Å²) in [6.07, 6.45) is 1.91. The first kappa shape index (κ1) is 12.5. The molecule has 15 heavy (non-hydrogen) atoms.